The summed E-state index contributed by atoms with van der Waals surface area (Å²) in [7, 11) is 0. The van der Waals surface area contributed by atoms with E-state index in [2.05, 4.69) is 5.32 Å². The highest BCUT2D eigenvalue weighted by atomic mass is 35.5. The van der Waals surface area contributed by atoms with Crippen molar-refractivity contribution in [2.45, 2.75) is 32.0 Å². The number of amides is 1. The Kier molecular flexibility index (Phi) is 5.20. The molecule has 3 nitrogen and oxygen atoms in total. The summed E-state index contributed by atoms with van der Waals surface area (Å²) in [5.74, 6) is -0.530. The van der Waals surface area contributed by atoms with Gasteiger partial charge in [-0.15, -0.1) is 0 Å². The fourth-order valence-electron chi connectivity index (χ4n) is 1.50. The van der Waals surface area contributed by atoms with Crippen LogP contribution in [0.3, 0.4) is 0 Å². The summed E-state index contributed by atoms with van der Waals surface area (Å²) >= 11 is 5.60. The number of carbonyl (C=O) groups is 1. The molecular weight excluding hydrogens is 281 g/mol. The van der Waals surface area contributed by atoms with E-state index in [1.165, 1.54) is 6.07 Å². The van der Waals surface area contributed by atoms with Gasteiger partial charge in [0.25, 0.3) is 0 Å². The number of alkyl halides is 3. The summed E-state index contributed by atoms with van der Waals surface area (Å²) in [6.45, 7) is 1.86. The van der Waals surface area contributed by atoms with Crippen molar-refractivity contribution in [2.75, 3.05) is 5.32 Å². The molecule has 0 saturated carbocycles. The quantitative estimate of drug-likeness (QED) is 0.894. The van der Waals surface area contributed by atoms with Crippen molar-refractivity contribution in [1.29, 1.82) is 0 Å². The van der Waals surface area contributed by atoms with E-state index in [0.29, 0.717) is 12.8 Å². The zero-order valence-corrected chi connectivity index (χ0v) is 11.0. The second kappa shape index (κ2) is 6.25. The van der Waals surface area contributed by atoms with Gasteiger partial charge in [-0.3, -0.25) is 4.79 Å². The lowest BCUT2D eigenvalue weighted by Crippen LogP contribution is -2.35. The average Bonchev–Trinajstić information content (AvgIpc) is 2.27. The van der Waals surface area contributed by atoms with E-state index in [1.54, 1.807) is 0 Å². The van der Waals surface area contributed by atoms with E-state index in [1.807, 2.05) is 6.92 Å². The fourth-order valence-corrected chi connectivity index (χ4v) is 1.74. The van der Waals surface area contributed by atoms with Crippen LogP contribution in [-0.4, -0.2) is 11.9 Å². The molecule has 1 aromatic carbocycles. The largest absolute Gasteiger partial charge is 0.416 e. The third kappa shape index (κ3) is 4.72. The summed E-state index contributed by atoms with van der Waals surface area (Å²) in [6.07, 6.45) is -3.35. The minimum atomic E-state index is -4.52. The normalized spacial score (nSPS) is 13.2. The Morgan fingerprint density at radius 1 is 1.42 bits per heavy atom. The molecule has 0 fully saturated rings. The highest BCUT2D eigenvalue weighted by Gasteiger charge is 2.31. The van der Waals surface area contributed by atoms with E-state index < -0.39 is 23.7 Å². The topological polar surface area (TPSA) is 55.1 Å². The Hall–Kier alpha value is -1.27. The molecule has 19 heavy (non-hydrogen) atoms. The predicted molar refractivity (Wildman–Crippen MR) is 68.0 cm³/mol. The molecule has 1 amide bonds. The summed E-state index contributed by atoms with van der Waals surface area (Å²) in [6, 6.07) is 2.11. The minimum Gasteiger partial charge on any atom is -0.325 e. The number of nitrogens with one attached hydrogen (secondary N) is 1. The minimum absolute atomic E-state index is 0.0172. The molecule has 1 aromatic rings. The van der Waals surface area contributed by atoms with Gasteiger partial charge in [-0.2, -0.15) is 13.2 Å². The monoisotopic (exact) mass is 294 g/mol. The number of nitrogens with two attached hydrogens (primary N) is 1. The van der Waals surface area contributed by atoms with Gasteiger partial charge in [0.1, 0.15) is 0 Å². The average molecular weight is 295 g/mol. The molecule has 3 N–H and O–H groups in total. The van der Waals surface area contributed by atoms with Crippen LogP contribution in [0.1, 0.15) is 25.3 Å². The van der Waals surface area contributed by atoms with Gasteiger partial charge < -0.3 is 11.1 Å². The number of hydrogen-bond acceptors (Lipinski definition) is 2. The summed E-state index contributed by atoms with van der Waals surface area (Å²) in [4.78, 5) is 11.6. The number of hydrogen-bond donors (Lipinski definition) is 2. The number of halogens is 4. The van der Waals surface area contributed by atoms with Crippen molar-refractivity contribution in [3.05, 3.63) is 28.8 Å². The predicted octanol–water partition coefficient (Wildman–Crippen LogP) is 3.42. The van der Waals surface area contributed by atoms with Crippen molar-refractivity contribution in [3.63, 3.8) is 0 Å². The number of rotatable bonds is 4. The summed E-state index contributed by atoms with van der Waals surface area (Å²) in [5.41, 5.74) is 4.64. The van der Waals surface area contributed by atoms with Gasteiger partial charge in [-0.05, 0) is 24.6 Å². The van der Waals surface area contributed by atoms with Gasteiger partial charge in [0.2, 0.25) is 5.91 Å². The van der Waals surface area contributed by atoms with Crippen LogP contribution in [0.25, 0.3) is 0 Å². The third-order valence-electron chi connectivity index (χ3n) is 2.43. The summed E-state index contributed by atoms with van der Waals surface area (Å²) in [5, 5.41) is 2.23. The van der Waals surface area contributed by atoms with Crippen molar-refractivity contribution < 1.29 is 18.0 Å². The molecule has 0 bridgehead atoms. The fraction of sp³-hybridized carbons (Fsp3) is 0.417. The molecule has 1 atom stereocenters. The zero-order valence-electron chi connectivity index (χ0n) is 10.2. The lowest BCUT2D eigenvalue weighted by atomic mass is 10.1. The van der Waals surface area contributed by atoms with Crippen LogP contribution in [0.2, 0.25) is 5.02 Å². The Labute approximate surface area is 113 Å². The molecule has 0 aliphatic heterocycles. The van der Waals surface area contributed by atoms with Gasteiger partial charge >= 0.3 is 6.18 Å². The van der Waals surface area contributed by atoms with Crippen LogP contribution >= 0.6 is 11.6 Å². The Morgan fingerprint density at radius 3 is 2.58 bits per heavy atom. The van der Waals surface area contributed by atoms with Crippen LogP contribution in [-0.2, 0) is 11.0 Å². The van der Waals surface area contributed by atoms with Crippen LogP contribution < -0.4 is 11.1 Å². The molecule has 0 spiro atoms. The van der Waals surface area contributed by atoms with E-state index >= 15 is 0 Å². The standard InChI is InChI=1S/C12H14ClF3N2O/c1-2-3-10(17)11(19)18-9-5-7(12(14,15)16)4-8(13)6-9/h4-6,10H,2-3,17H2,1H3,(H,18,19)/t10-/m0/s1. The van der Waals surface area contributed by atoms with Gasteiger partial charge in [0, 0.05) is 10.7 Å². The van der Waals surface area contributed by atoms with Crippen molar-refractivity contribution >= 4 is 23.2 Å². The van der Waals surface area contributed by atoms with Crippen LogP contribution in [0.4, 0.5) is 18.9 Å². The molecule has 0 heterocycles. The van der Waals surface area contributed by atoms with Gasteiger partial charge in [-0.1, -0.05) is 24.9 Å². The molecular formula is C12H14ClF3N2O. The molecule has 0 unspecified atom stereocenters. The van der Waals surface area contributed by atoms with Crippen molar-refractivity contribution in [3.8, 4) is 0 Å². The van der Waals surface area contributed by atoms with E-state index in [9.17, 15) is 18.0 Å². The highest BCUT2D eigenvalue weighted by molar-refractivity contribution is 6.31. The highest BCUT2D eigenvalue weighted by Crippen LogP contribution is 2.33. The molecule has 7 heteroatoms. The third-order valence-corrected chi connectivity index (χ3v) is 2.65. The zero-order chi connectivity index (χ0) is 14.6. The maximum absolute atomic E-state index is 12.6. The SMILES string of the molecule is CCC[C@H](N)C(=O)Nc1cc(Cl)cc(C(F)(F)F)c1. The molecule has 0 saturated heterocycles. The van der Waals surface area contributed by atoms with Gasteiger partial charge in [-0.25, -0.2) is 0 Å². The lowest BCUT2D eigenvalue weighted by molar-refractivity contribution is -0.137. The number of anilines is 1. The molecule has 0 aliphatic rings. The van der Waals surface area contributed by atoms with Crippen LogP contribution in [0.15, 0.2) is 18.2 Å². The molecule has 0 radical (unpaired) electrons. The second-order valence-corrected chi connectivity index (χ2v) is 4.55. The van der Waals surface area contributed by atoms with Crippen molar-refractivity contribution in [2.24, 2.45) is 5.73 Å². The van der Waals surface area contributed by atoms with E-state index in [4.69, 9.17) is 17.3 Å². The molecule has 106 valence electrons. The number of benzene rings is 1. The van der Waals surface area contributed by atoms with Gasteiger partial charge in [0.05, 0.1) is 11.6 Å². The van der Waals surface area contributed by atoms with E-state index in [-0.39, 0.29) is 10.7 Å². The Balaban J connectivity index is 2.90. The Morgan fingerprint density at radius 2 is 2.05 bits per heavy atom. The molecule has 0 aliphatic carbocycles. The van der Waals surface area contributed by atoms with Crippen molar-refractivity contribution in [1.82, 2.24) is 0 Å². The first-order valence-electron chi connectivity index (χ1n) is 5.68. The summed E-state index contributed by atoms with van der Waals surface area (Å²) < 4.78 is 37.7. The van der Waals surface area contributed by atoms with Gasteiger partial charge in [0.15, 0.2) is 0 Å². The molecule has 1 rings (SSSR count). The first-order chi connectivity index (χ1) is 8.74. The first kappa shape index (κ1) is 15.8. The Bertz CT molecular complexity index is 463. The van der Waals surface area contributed by atoms with Crippen LogP contribution in [0.5, 0.6) is 0 Å². The van der Waals surface area contributed by atoms with E-state index in [0.717, 1.165) is 12.1 Å². The molecule has 0 aromatic heterocycles. The maximum atomic E-state index is 12.6. The maximum Gasteiger partial charge on any atom is 0.416 e. The number of carbonyl (C=O) groups excluding carboxylic acids is 1. The first-order valence-corrected chi connectivity index (χ1v) is 6.06. The lowest BCUT2D eigenvalue weighted by Gasteiger charge is -2.13. The second-order valence-electron chi connectivity index (χ2n) is 4.11. The van der Waals surface area contributed by atoms with Crippen LogP contribution in [0, 0.1) is 0 Å². The smallest absolute Gasteiger partial charge is 0.325 e.